The Morgan fingerprint density at radius 2 is 2.21 bits per heavy atom. The molecular formula is C8H11Br2FN2O. The highest BCUT2D eigenvalue weighted by atomic mass is 79.9. The Morgan fingerprint density at radius 1 is 1.57 bits per heavy atom. The summed E-state index contributed by atoms with van der Waals surface area (Å²) in [7, 11) is 0. The van der Waals surface area contributed by atoms with Gasteiger partial charge in [0.1, 0.15) is 27.8 Å². The molecule has 0 saturated carbocycles. The van der Waals surface area contributed by atoms with E-state index in [2.05, 4.69) is 36.8 Å². The van der Waals surface area contributed by atoms with Crippen molar-refractivity contribution in [3.05, 3.63) is 15.0 Å². The average molecular weight is 330 g/mol. The van der Waals surface area contributed by atoms with E-state index in [4.69, 9.17) is 0 Å². The largest absolute Gasteiger partial charge is 0.389 e. The number of aromatic nitrogens is 2. The van der Waals surface area contributed by atoms with Crippen LogP contribution in [0.25, 0.3) is 0 Å². The highest BCUT2D eigenvalue weighted by Gasteiger charge is 2.14. The van der Waals surface area contributed by atoms with Gasteiger partial charge in [0.15, 0.2) is 0 Å². The van der Waals surface area contributed by atoms with Crippen LogP contribution in [0.1, 0.15) is 12.7 Å². The van der Waals surface area contributed by atoms with E-state index in [0.29, 0.717) is 4.60 Å². The van der Waals surface area contributed by atoms with Gasteiger partial charge in [-0.1, -0.05) is 6.92 Å². The van der Waals surface area contributed by atoms with E-state index in [1.54, 1.807) is 4.57 Å². The van der Waals surface area contributed by atoms with Crippen LogP contribution in [0.3, 0.4) is 0 Å². The molecule has 0 bridgehead atoms. The third-order valence-corrected chi connectivity index (χ3v) is 3.72. The molecule has 1 N–H and O–H groups in total. The predicted octanol–water partition coefficient (Wildman–Crippen LogP) is 2.30. The third kappa shape index (κ3) is 2.55. The van der Waals surface area contributed by atoms with Crippen molar-refractivity contribution in [2.24, 2.45) is 0 Å². The first-order chi connectivity index (χ1) is 6.60. The molecule has 1 atom stereocenters. The van der Waals surface area contributed by atoms with E-state index < -0.39 is 12.8 Å². The van der Waals surface area contributed by atoms with Crippen molar-refractivity contribution < 1.29 is 9.50 Å². The van der Waals surface area contributed by atoms with Crippen molar-refractivity contribution in [3.8, 4) is 0 Å². The molecule has 0 amide bonds. The quantitative estimate of drug-likeness (QED) is 0.920. The molecule has 0 radical (unpaired) electrons. The molecule has 14 heavy (non-hydrogen) atoms. The van der Waals surface area contributed by atoms with Gasteiger partial charge in [0.05, 0.1) is 6.54 Å². The van der Waals surface area contributed by atoms with E-state index in [1.165, 1.54) is 0 Å². The smallest absolute Gasteiger partial charge is 0.139 e. The number of halogens is 3. The molecule has 0 fully saturated rings. The lowest BCUT2D eigenvalue weighted by molar-refractivity contribution is 0.120. The molecule has 1 aromatic rings. The monoisotopic (exact) mass is 328 g/mol. The van der Waals surface area contributed by atoms with Crippen molar-refractivity contribution in [1.82, 2.24) is 9.55 Å². The van der Waals surface area contributed by atoms with Gasteiger partial charge in [-0.25, -0.2) is 9.37 Å². The van der Waals surface area contributed by atoms with Gasteiger partial charge in [0.25, 0.3) is 0 Å². The van der Waals surface area contributed by atoms with Crippen molar-refractivity contribution in [2.75, 3.05) is 6.67 Å². The lowest BCUT2D eigenvalue weighted by Crippen LogP contribution is -2.19. The van der Waals surface area contributed by atoms with Crippen LogP contribution in [0.5, 0.6) is 0 Å². The van der Waals surface area contributed by atoms with Crippen LogP contribution in [0.15, 0.2) is 9.21 Å². The van der Waals surface area contributed by atoms with Crippen LogP contribution < -0.4 is 0 Å². The highest BCUT2D eigenvalue weighted by Crippen LogP contribution is 2.24. The van der Waals surface area contributed by atoms with E-state index in [-0.39, 0.29) is 6.54 Å². The lowest BCUT2D eigenvalue weighted by Gasteiger charge is -2.10. The van der Waals surface area contributed by atoms with Crippen LogP contribution in [-0.4, -0.2) is 27.4 Å². The summed E-state index contributed by atoms with van der Waals surface area (Å²) < 4.78 is 15.3. The van der Waals surface area contributed by atoms with Crippen molar-refractivity contribution in [3.63, 3.8) is 0 Å². The molecule has 1 heterocycles. The summed E-state index contributed by atoms with van der Waals surface area (Å²) in [5.41, 5.74) is 0. The molecule has 0 aliphatic carbocycles. The Hall–Kier alpha value is 0.0600. The number of alkyl halides is 1. The first kappa shape index (κ1) is 12.1. The van der Waals surface area contributed by atoms with E-state index in [1.807, 2.05) is 6.92 Å². The molecule has 1 rings (SSSR count). The molecule has 0 spiro atoms. The molecular weight excluding hydrogens is 319 g/mol. The summed E-state index contributed by atoms with van der Waals surface area (Å²) in [6, 6.07) is 0. The molecule has 0 aliphatic heterocycles. The maximum Gasteiger partial charge on any atom is 0.139 e. The van der Waals surface area contributed by atoms with E-state index >= 15 is 0 Å². The highest BCUT2D eigenvalue weighted by molar-refractivity contribution is 9.13. The van der Waals surface area contributed by atoms with E-state index in [0.717, 1.165) is 16.8 Å². The summed E-state index contributed by atoms with van der Waals surface area (Å²) in [5.74, 6) is 0.816. The van der Waals surface area contributed by atoms with Crippen LogP contribution in [0, 0.1) is 0 Å². The first-order valence-electron chi connectivity index (χ1n) is 4.24. The van der Waals surface area contributed by atoms with Gasteiger partial charge in [-0.3, -0.25) is 0 Å². The van der Waals surface area contributed by atoms with Crippen molar-refractivity contribution in [2.45, 2.75) is 26.0 Å². The normalized spacial score (nSPS) is 13.2. The van der Waals surface area contributed by atoms with Gasteiger partial charge >= 0.3 is 0 Å². The summed E-state index contributed by atoms with van der Waals surface area (Å²) in [6.45, 7) is 1.43. The second-order valence-electron chi connectivity index (χ2n) is 2.88. The number of rotatable bonds is 4. The second kappa shape index (κ2) is 5.23. The van der Waals surface area contributed by atoms with Gasteiger partial charge in [-0.2, -0.15) is 0 Å². The lowest BCUT2D eigenvalue weighted by atomic mass is 10.3. The number of hydrogen-bond donors (Lipinski definition) is 1. The Bertz CT molecular complexity index is 317. The number of aliphatic hydroxyl groups is 1. The molecule has 80 valence electrons. The van der Waals surface area contributed by atoms with Gasteiger partial charge < -0.3 is 9.67 Å². The Morgan fingerprint density at radius 3 is 2.71 bits per heavy atom. The zero-order valence-corrected chi connectivity index (χ0v) is 10.8. The van der Waals surface area contributed by atoms with Gasteiger partial charge in [-0.15, -0.1) is 0 Å². The fourth-order valence-corrected chi connectivity index (χ4v) is 2.02. The maximum atomic E-state index is 12.1. The predicted molar refractivity (Wildman–Crippen MR) is 59.0 cm³/mol. The van der Waals surface area contributed by atoms with Gasteiger partial charge in [0.2, 0.25) is 0 Å². The first-order valence-corrected chi connectivity index (χ1v) is 5.83. The molecule has 3 nitrogen and oxygen atoms in total. The fourth-order valence-electron chi connectivity index (χ4n) is 1.16. The number of imidazole rings is 1. The van der Waals surface area contributed by atoms with Gasteiger partial charge in [-0.05, 0) is 31.9 Å². The number of aryl methyl sites for hydroxylation is 1. The minimum Gasteiger partial charge on any atom is -0.389 e. The fraction of sp³-hybridized carbons (Fsp3) is 0.625. The van der Waals surface area contributed by atoms with Crippen molar-refractivity contribution >= 4 is 31.9 Å². The minimum atomic E-state index is -0.974. The Balaban J connectivity index is 2.93. The van der Waals surface area contributed by atoms with Crippen LogP contribution in [0.2, 0.25) is 0 Å². The zero-order valence-electron chi connectivity index (χ0n) is 7.67. The van der Waals surface area contributed by atoms with Crippen molar-refractivity contribution in [1.29, 1.82) is 0 Å². The zero-order chi connectivity index (χ0) is 10.7. The average Bonchev–Trinajstić information content (AvgIpc) is 2.45. The number of hydrogen-bond acceptors (Lipinski definition) is 2. The van der Waals surface area contributed by atoms with Crippen LogP contribution in [-0.2, 0) is 13.0 Å². The standard InChI is InChI=1S/C8H11Br2FN2O/c1-2-6-12-7(9)8(10)13(6)4-5(14)3-11/h5,14H,2-4H2,1H3. The minimum absolute atomic E-state index is 0.221. The number of nitrogens with zero attached hydrogens (tertiary/aromatic N) is 2. The van der Waals surface area contributed by atoms with Crippen LogP contribution >= 0.6 is 31.9 Å². The third-order valence-electron chi connectivity index (χ3n) is 1.83. The topological polar surface area (TPSA) is 38.0 Å². The molecule has 0 aromatic carbocycles. The summed E-state index contributed by atoms with van der Waals surface area (Å²) >= 11 is 6.58. The molecule has 6 heteroatoms. The molecule has 1 aromatic heterocycles. The maximum absolute atomic E-state index is 12.1. The van der Waals surface area contributed by atoms with Gasteiger partial charge in [0, 0.05) is 6.42 Å². The Kier molecular flexibility index (Phi) is 4.53. The van der Waals surface area contributed by atoms with Crippen LogP contribution in [0.4, 0.5) is 4.39 Å². The molecule has 1 unspecified atom stereocenters. The molecule has 0 aliphatic rings. The summed E-state index contributed by atoms with van der Waals surface area (Å²) in [6.07, 6.45) is -0.235. The SMILES string of the molecule is CCc1nc(Br)c(Br)n1CC(O)CF. The molecule has 0 saturated heterocycles. The van der Waals surface area contributed by atoms with E-state index in [9.17, 15) is 9.50 Å². The summed E-state index contributed by atoms with van der Waals surface area (Å²) in [4.78, 5) is 4.22. The number of aliphatic hydroxyl groups excluding tert-OH is 1. The summed E-state index contributed by atoms with van der Waals surface area (Å²) in [5, 5.41) is 9.21. The second-order valence-corrected chi connectivity index (χ2v) is 4.38. The Labute approximate surface area is 98.6 Å².